The van der Waals surface area contributed by atoms with Gasteiger partial charge in [-0.15, -0.1) is 0 Å². The van der Waals surface area contributed by atoms with Crippen molar-refractivity contribution in [3.63, 3.8) is 0 Å². The fraction of sp³-hybridized carbons (Fsp3) is 0.846. The van der Waals surface area contributed by atoms with Crippen LogP contribution < -0.4 is 0 Å². The molecular formula is C13H23NO4. The third kappa shape index (κ3) is 10.1. The molecule has 0 aromatic carbocycles. The summed E-state index contributed by atoms with van der Waals surface area (Å²) >= 11 is 0. The lowest BCUT2D eigenvalue weighted by Gasteiger charge is -2.21. The van der Waals surface area contributed by atoms with Crippen molar-refractivity contribution in [2.75, 3.05) is 0 Å². The van der Waals surface area contributed by atoms with E-state index in [1.54, 1.807) is 20.8 Å². The Balaban J connectivity index is 3.86. The fourth-order valence-corrected chi connectivity index (χ4v) is 1.51. The zero-order chi connectivity index (χ0) is 14.2. The second-order valence-corrected chi connectivity index (χ2v) is 5.38. The smallest absolute Gasteiger partial charge is 0.308 e. The second kappa shape index (κ2) is 8.06. The molecule has 0 aromatic rings. The van der Waals surface area contributed by atoms with Crippen molar-refractivity contribution in [3.05, 3.63) is 0 Å². The molecule has 0 unspecified atom stereocenters. The van der Waals surface area contributed by atoms with Crippen molar-refractivity contribution in [2.24, 2.45) is 0 Å². The van der Waals surface area contributed by atoms with Crippen LogP contribution in [0.5, 0.6) is 0 Å². The lowest BCUT2D eigenvalue weighted by molar-refractivity contribution is -0.157. The quantitative estimate of drug-likeness (QED) is 0.533. The number of nitrogens with zero attached hydrogens (tertiary/aromatic N) is 1. The van der Waals surface area contributed by atoms with E-state index in [0.717, 1.165) is 0 Å². The van der Waals surface area contributed by atoms with Crippen LogP contribution in [0.4, 0.5) is 0 Å². The maximum atomic E-state index is 11.4. The van der Waals surface area contributed by atoms with Crippen LogP contribution in [0, 0.1) is 11.3 Å². The Labute approximate surface area is 108 Å². The first-order chi connectivity index (χ1) is 8.24. The molecule has 0 radical (unpaired) electrons. The predicted octanol–water partition coefficient (Wildman–Crippen LogP) is 1.52. The van der Waals surface area contributed by atoms with Crippen molar-refractivity contribution in [1.29, 1.82) is 5.26 Å². The van der Waals surface area contributed by atoms with E-state index in [-0.39, 0.29) is 12.8 Å². The maximum absolute atomic E-state index is 11.4. The first kappa shape index (κ1) is 16.9. The summed E-state index contributed by atoms with van der Waals surface area (Å²) in [5.74, 6) is -0.473. The van der Waals surface area contributed by atoms with Crippen LogP contribution in [-0.4, -0.2) is 34.0 Å². The van der Waals surface area contributed by atoms with Gasteiger partial charge < -0.3 is 14.9 Å². The van der Waals surface area contributed by atoms with Crippen LogP contribution in [0.15, 0.2) is 0 Å². The van der Waals surface area contributed by atoms with Crippen LogP contribution in [-0.2, 0) is 9.53 Å². The predicted molar refractivity (Wildman–Crippen MR) is 66.6 cm³/mol. The van der Waals surface area contributed by atoms with Gasteiger partial charge in [0.1, 0.15) is 5.60 Å². The van der Waals surface area contributed by atoms with Gasteiger partial charge in [-0.05, 0) is 40.0 Å². The molecule has 0 amide bonds. The summed E-state index contributed by atoms with van der Waals surface area (Å²) in [5.41, 5.74) is -0.567. The van der Waals surface area contributed by atoms with Crippen molar-refractivity contribution in [3.8, 4) is 6.07 Å². The molecule has 0 bridgehead atoms. The Morgan fingerprint density at radius 2 is 1.94 bits per heavy atom. The standard InChI is InChI=1S/C13H23NO4/c1-13(2,3)18-12(17)9-11(16)8-10(15)6-4-5-7-14/h10-11,15-16H,4-6,8-9H2,1-3H3/t10-,11-/m1/s1. The zero-order valence-corrected chi connectivity index (χ0v) is 11.3. The van der Waals surface area contributed by atoms with E-state index >= 15 is 0 Å². The molecule has 104 valence electrons. The number of carbonyl (C=O) groups excluding carboxylic acids is 1. The first-order valence-electron chi connectivity index (χ1n) is 6.19. The van der Waals surface area contributed by atoms with Crippen molar-refractivity contribution in [2.45, 2.75) is 70.7 Å². The fourth-order valence-electron chi connectivity index (χ4n) is 1.51. The average molecular weight is 257 g/mol. The number of unbranched alkanes of at least 4 members (excludes halogenated alkanes) is 1. The summed E-state index contributed by atoms with van der Waals surface area (Å²) in [6, 6.07) is 1.99. The Kier molecular flexibility index (Phi) is 7.56. The highest BCUT2D eigenvalue weighted by Crippen LogP contribution is 2.13. The summed E-state index contributed by atoms with van der Waals surface area (Å²) in [6.07, 6.45) is -0.139. The van der Waals surface area contributed by atoms with Crippen molar-refractivity contribution < 1.29 is 19.7 Å². The van der Waals surface area contributed by atoms with Gasteiger partial charge in [0.25, 0.3) is 0 Å². The van der Waals surface area contributed by atoms with E-state index in [1.807, 2.05) is 6.07 Å². The molecule has 0 aromatic heterocycles. The molecule has 0 spiro atoms. The molecule has 5 nitrogen and oxygen atoms in total. The molecule has 18 heavy (non-hydrogen) atoms. The number of rotatable bonds is 7. The van der Waals surface area contributed by atoms with Gasteiger partial charge in [0, 0.05) is 6.42 Å². The molecule has 2 atom stereocenters. The summed E-state index contributed by atoms with van der Waals surface area (Å²) in [7, 11) is 0. The Hall–Kier alpha value is -1.12. The molecule has 5 heteroatoms. The number of aliphatic hydroxyl groups is 2. The molecule has 0 aliphatic heterocycles. The number of aliphatic hydroxyl groups excluding tert-OH is 2. The molecule has 0 rings (SSSR count). The second-order valence-electron chi connectivity index (χ2n) is 5.38. The Bertz CT molecular complexity index is 290. The van der Waals surface area contributed by atoms with Gasteiger partial charge in [0.05, 0.1) is 24.7 Å². The largest absolute Gasteiger partial charge is 0.460 e. The number of carbonyl (C=O) groups is 1. The van der Waals surface area contributed by atoms with Gasteiger partial charge in [-0.1, -0.05) is 0 Å². The Morgan fingerprint density at radius 3 is 2.44 bits per heavy atom. The van der Waals surface area contributed by atoms with Crippen LogP contribution in [0.3, 0.4) is 0 Å². The molecule has 0 aliphatic carbocycles. The van der Waals surface area contributed by atoms with Crippen molar-refractivity contribution in [1.82, 2.24) is 0 Å². The van der Waals surface area contributed by atoms with E-state index in [4.69, 9.17) is 10.00 Å². The van der Waals surface area contributed by atoms with Crippen LogP contribution in [0.1, 0.15) is 52.9 Å². The van der Waals surface area contributed by atoms with E-state index in [9.17, 15) is 15.0 Å². The van der Waals surface area contributed by atoms with Crippen LogP contribution in [0.2, 0.25) is 0 Å². The van der Waals surface area contributed by atoms with Crippen molar-refractivity contribution >= 4 is 5.97 Å². The zero-order valence-electron chi connectivity index (χ0n) is 11.3. The summed E-state index contributed by atoms with van der Waals surface area (Å²) in [6.45, 7) is 5.27. The number of hydrogen-bond donors (Lipinski definition) is 2. The molecule has 0 saturated heterocycles. The third-order valence-corrected chi connectivity index (χ3v) is 2.19. The van der Waals surface area contributed by atoms with Gasteiger partial charge in [-0.25, -0.2) is 0 Å². The highest BCUT2D eigenvalue weighted by atomic mass is 16.6. The van der Waals surface area contributed by atoms with Crippen LogP contribution in [0.25, 0.3) is 0 Å². The summed E-state index contributed by atoms with van der Waals surface area (Å²) < 4.78 is 5.06. The third-order valence-electron chi connectivity index (χ3n) is 2.19. The average Bonchev–Trinajstić information content (AvgIpc) is 2.13. The van der Waals surface area contributed by atoms with Crippen LogP contribution >= 0.6 is 0 Å². The van der Waals surface area contributed by atoms with E-state index < -0.39 is 23.8 Å². The molecular weight excluding hydrogens is 234 g/mol. The van der Waals surface area contributed by atoms with Gasteiger partial charge in [0.15, 0.2) is 0 Å². The molecule has 0 saturated carbocycles. The highest BCUT2D eigenvalue weighted by Gasteiger charge is 2.20. The summed E-state index contributed by atoms with van der Waals surface area (Å²) in [5, 5.41) is 27.5. The monoisotopic (exact) mass is 257 g/mol. The molecule has 0 heterocycles. The lowest BCUT2D eigenvalue weighted by Crippen LogP contribution is -2.28. The first-order valence-corrected chi connectivity index (χ1v) is 6.19. The topological polar surface area (TPSA) is 90.6 Å². The minimum absolute atomic E-state index is 0.118. The number of hydrogen-bond acceptors (Lipinski definition) is 5. The number of nitriles is 1. The minimum Gasteiger partial charge on any atom is -0.460 e. The number of esters is 1. The van der Waals surface area contributed by atoms with Gasteiger partial charge in [-0.3, -0.25) is 4.79 Å². The van der Waals surface area contributed by atoms with Gasteiger partial charge in [0.2, 0.25) is 0 Å². The Morgan fingerprint density at radius 1 is 1.33 bits per heavy atom. The minimum atomic E-state index is -0.906. The van der Waals surface area contributed by atoms with E-state index in [1.165, 1.54) is 0 Å². The normalized spacial score (nSPS) is 14.7. The summed E-state index contributed by atoms with van der Waals surface area (Å²) in [4.78, 5) is 11.4. The molecule has 0 aliphatic rings. The number of ether oxygens (including phenoxy) is 1. The van der Waals surface area contributed by atoms with E-state index in [2.05, 4.69) is 0 Å². The molecule has 2 N–H and O–H groups in total. The SMILES string of the molecule is CC(C)(C)OC(=O)C[C@H](O)C[C@H](O)CCCC#N. The molecule has 0 fully saturated rings. The van der Waals surface area contributed by atoms with Gasteiger partial charge in [-0.2, -0.15) is 5.26 Å². The lowest BCUT2D eigenvalue weighted by atomic mass is 10.0. The highest BCUT2D eigenvalue weighted by molar-refractivity contribution is 5.70. The van der Waals surface area contributed by atoms with Gasteiger partial charge >= 0.3 is 5.97 Å². The maximum Gasteiger partial charge on any atom is 0.308 e. The van der Waals surface area contributed by atoms with E-state index in [0.29, 0.717) is 19.3 Å².